The Morgan fingerprint density at radius 1 is 1.14 bits per heavy atom. The number of hydrogen-bond acceptors (Lipinski definition) is 5. The van der Waals surface area contributed by atoms with Gasteiger partial charge in [-0.3, -0.25) is 0 Å². The van der Waals surface area contributed by atoms with Crippen molar-refractivity contribution in [3.8, 4) is 0 Å². The lowest BCUT2D eigenvalue weighted by Crippen LogP contribution is -2.01. The molecule has 0 aliphatic carbocycles. The van der Waals surface area contributed by atoms with Gasteiger partial charge in [0.2, 0.25) is 5.95 Å². The summed E-state index contributed by atoms with van der Waals surface area (Å²) in [5.41, 5.74) is 3.42. The summed E-state index contributed by atoms with van der Waals surface area (Å²) < 4.78 is 1.15. The fourth-order valence-electron chi connectivity index (χ4n) is 2.22. The van der Waals surface area contributed by atoms with E-state index in [0.29, 0.717) is 5.95 Å². The zero-order valence-corrected chi connectivity index (χ0v) is 14.4. The van der Waals surface area contributed by atoms with Crippen molar-refractivity contribution in [2.45, 2.75) is 13.8 Å². The van der Waals surface area contributed by atoms with Gasteiger partial charge in [0.15, 0.2) is 0 Å². The van der Waals surface area contributed by atoms with E-state index >= 15 is 0 Å². The number of thiophene rings is 1. The quantitative estimate of drug-likeness (QED) is 0.698. The second-order valence-corrected chi connectivity index (χ2v) is 6.52. The number of aryl methyl sites for hydroxylation is 2. The second kappa shape index (κ2) is 5.61. The first kappa shape index (κ1) is 14.3. The van der Waals surface area contributed by atoms with E-state index in [1.807, 2.05) is 18.5 Å². The number of fused-ring (bicyclic) bond motifs is 1. The number of aromatic nitrogens is 2. The summed E-state index contributed by atoms with van der Waals surface area (Å²) in [5, 5.41) is 9.48. The first-order valence-corrected chi connectivity index (χ1v) is 8.22. The molecule has 0 aliphatic rings. The van der Waals surface area contributed by atoms with E-state index in [4.69, 9.17) is 0 Å². The average molecular weight is 363 g/mol. The van der Waals surface area contributed by atoms with Gasteiger partial charge in [0.1, 0.15) is 10.6 Å². The predicted octanol–water partition coefficient (Wildman–Crippen LogP) is 4.86. The molecule has 0 atom stereocenters. The maximum absolute atomic E-state index is 4.53. The van der Waals surface area contributed by atoms with Crippen molar-refractivity contribution in [2.24, 2.45) is 0 Å². The van der Waals surface area contributed by atoms with Crippen molar-refractivity contribution in [1.82, 2.24) is 9.97 Å². The van der Waals surface area contributed by atoms with E-state index < -0.39 is 0 Å². The Kier molecular flexibility index (Phi) is 3.82. The fourth-order valence-corrected chi connectivity index (χ4v) is 3.21. The van der Waals surface area contributed by atoms with Gasteiger partial charge in [-0.15, -0.1) is 11.3 Å². The smallest absolute Gasteiger partial charge is 0.225 e. The normalized spacial score (nSPS) is 10.9. The number of halogens is 1. The van der Waals surface area contributed by atoms with Crippen molar-refractivity contribution >= 4 is 54.9 Å². The lowest BCUT2D eigenvalue weighted by Gasteiger charge is -2.11. The van der Waals surface area contributed by atoms with E-state index in [9.17, 15) is 0 Å². The lowest BCUT2D eigenvalue weighted by atomic mass is 10.1. The zero-order chi connectivity index (χ0) is 15.0. The number of benzene rings is 1. The molecule has 2 aromatic heterocycles. The summed E-state index contributed by atoms with van der Waals surface area (Å²) in [5.74, 6) is 1.45. The van der Waals surface area contributed by atoms with Crippen molar-refractivity contribution in [1.29, 1.82) is 0 Å². The Labute approximate surface area is 135 Å². The monoisotopic (exact) mass is 362 g/mol. The number of nitrogens with zero attached hydrogens (tertiary/aromatic N) is 2. The van der Waals surface area contributed by atoms with Crippen LogP contribution in [-0.4, -0.2) is 17.0 Å². The molecule has 21 heavy (non-hydrogen) atoms. The van der Waals surface area contributed by atoms with Crippen LogP contribution < -0.4 is 10.6 Å². The molecule has 0 amide bonds. The van der Waals surface area contributed by atoms with Gasteiger partial charge >= 0.3 is 0 Å². The highest BCUT2D eigenvalue weighted by Gasteiger charge is 2.10. The van der Waals surface area contributed by atoms with Crippen molar-refractivity contribution in [2.75, 3.05) is 17.7 Å². The minimum Gasteiger partial charge on any atom is -0.357 e. The van der Waals surface area contributed by atoms with Gasteiger partial charge in [0.05, 0.1) is 5.39 Å². The third-order valence-corrected chi connectivity index (χ3v) is 5.31. The Bertz CT molecular complexity index is 790. The summed E-state index contributed by atoms with van der Waals surface area (Å²) >= 11 is 5.21. The number of hydrogen-bond donors (Lipinski definition) is 2. The molecule has 4 nitrogen and oxygen atoms in total. The summed E-state index contributed by atoms with van der Waals surface area (Å²) in [4.78, 5) is 9.96. The van der Waals surface area contributed by atoms with Crippen LogP contribution in [0.2, 0.25) is 0 Å². The number of rotatable bonds is 3. The van der Waals surface area contributed by atoms with Gasteiger partial charge in [0.25, 0.3) is 0 Å². The van der Waals surface area contributed by atoms with E-state index in [1.54, 1.807) is 11.3 Å². The summed E-state index contributed by atoms with van der Waals surface area (Å²) in [6.07, 6.45) is 0. The fraction of sp³-hybridized carbons (Fsp3) is 0.200. The predicted molar refractivity (Wildman–Crippen MR) is 93.9 cm³/mol. The van der Waals surface area contributed by atoms with Crippen LogP contribution in [0.15, 0.2) is 28.1 Å². The summed E-state index contributed by atoms with van der Waals surface area (Å²) in [6, 6.07) is 6.26. The van der Waals surface area contributed by atoms with Gasteiger partial charge < -0.3 is 10.6 Å². The molecule has 0 saturated carbocycles. The van der Waals surface area contributed by atoms with Crippen molar-refractivity contribution < 1.29 is 0 Å². The highest BCUT2D eigenvalue weighted by atomic mass is 79.9. The third-order valence-electron chi connectivity index (χ3n) is 3.25. The number of anilines is 3. The van der Waals surface area contributed by atoms with Crippen molar-refractivity contribution in [3.63, 3.8) is 0 Å². The van der Waals surface area contributed by atoms with Crippen LogP contribution in [0, 0.1) is 13.8 Å². The van der Waals surface area contributed by atoms with Crippen LogP contribution in [0.3, 0.4) is 0 Å². The molecule has 3 rings (SSSR count). The second-order valence-electron chi connectivity index (χ2n) is 4.83. The van der Waals surface area contributed by atoms with Crippen LogP contribution in [0.5, 0.6) is 0 Å². The van der Waals surface area contributed by atoms with Gasteiger partial charge in [-0.2, -0.15) is 4.98 Å². The van der Waals surface area contributed by atoms with Gasteiger partial charge in [-0.1, -0.05) is 15.9 Å². The third kappa shape index (κ3) is 2.73. The highest BCUT2D eigenvalue weighted by Crippen LogP contribution is 2.31. The molecule has 2 N–H and O–H groups in total. The van der Waals surface area contributed by atoms with E-state index in [0.717, 1.165) is 26.2 Å². The van der Waals surface area contributed by atoms with Crippen LogP contribution in [-0.2, 0) is 0 Å². The molecule has 3 aromatic rings. The summed E-state index contributed by atoms with van der Waals surface area (Å²) in [6.45, 7) is 4.17. The van der Waals surface area contributed by atoms with Crippen molar-refractivity contribution in [3.05, 3.63) is 39.2 Å². The lowest BCUT2D eigenvalue weighted by molar-refractivity contribution is 1.20. The summed E-state index contributed by atoms with van der Waals surface area (Å²) in [7, 11) is 1.83. The van der Waals surface area contributed by atoms with E-state index in [2.05, 4.69) is 62.5 Å². The molecule has 0 saturated heterocycles. The standard InChI is InChI=1S/C15H15BrN4S/c1-8-6-10(7-9(2)12(8)16)18-13-11-4-5-21-14(11)20-15(17-3)19-13/h4-7H,1-3H3,(H2,17,18,19,20). The topological polar surface area (TPSA) is 49.8 Å². The molecule has 0 fully saturated rings. The molecular formula is C15H15BrN4S. The Balaban J connectivity index is 2.07. The molecule has 1 aromatic carbocycles. The minimum atomic E-state index is 0.623. The molecule has 0 radical (unpaired) electrons. The molecule has 0 unspecified atom stereocenters. The highest BCUT2D eigenvalue weighted by molar-refractivity contribution is 9.10. The van der Waals surface area contributed by atoms with Crippen LogP contribution in [0.25, 0.3) is 10.2 Å². The molecule has 108 valence electrons. The van der Waals surface area contributed by atoms with Gasteiger partial charge in [-0.05, 0) is 48.6 Å². The van der Waals surface area contributed by atoms with E-state index in [1.165, 1.54) is 11.1 Å². The molecule has 0 bridgehead atoms. The van der Waals surface area contributed by atoms with E-state index in [-0.39, 0.29) is 0 Å². The first-order chi connectivity index (χ1) is 10.1. The largest absolute Gasteiger partial charge is 0.357 e. The first-order valence-electron chi connectivity index (χ1n) is 6.55. The SMILES string of the molecule is CNc1nc(Nc2cc(C)c(Br)c(C)c2)c2ccsc2n1. The molecule has 0 aliphatic heterocycles. The maximum Gasteiger partial charge on any atom is 0.225 e. The molecule has 6 heteroatoms. The van der Waals surface area contributed by atoms with Crippen LogP contribution >= 0.6 is 27.3 Å². The molecular weight excluding hydrogens is 348 g/mol. The van der Waals surface area contributed by atoms with Crippen LogP contribution in [0.4, 0.5) is 17.5 Å². The van der Waals surface area contributed by atoms with Gasteiger partial charge in [0, 0.05) is 17.2 Å². The minimum absolute atomic E-state index is 0.623. The number of nitrogens with one attached hydrogen (secondary N) is 2. The Morgan fingerprint density at radius 3 is 2.52 bits per heavy atom. The zero-order valence-electron chi connectivity index (χ0n) is 12.0. The maximum atomic E-state index is 4.53. The average Bonchev–Trinajstić information content (AvgIpc) is 2.93. The molecule has 2 heterocycles. The van der Waals surface area contributed by atoms with Crippen LogP contribution in [0.1, 0.15) is 11.1 Å². The Hall–Kier alpha value is -1.66. The Morgan fingerprint density at radius 2 is 1.86 bits per heavy atom. The molecule has 0 spiro atoms. The van der Waals surface area contributed by atoms with Gasteiger partial charge in [-0.25, -0.2) is 4.98 Å².